The van der Waals surface area contributed by atoms with Crippen molar-refractivity contribution >= 4 is 6.21 Å². The quantitative estimate of drug-likeness (QED) is 0.810. The maximum absolute atomic E-state index is 11.9. The van der Waals surface area contributed by atoms with Crippen LogP contribution in [0.3, 0.4) is 0 Å². The Morgan fingerprint density at radius 1 is 1.36 bits per heavy atom. The summed E-state index contributed by atoms with van der Waals surface area (Å²) >= 11 is 0. The Morgan fingerprint density at radius 3 is 2.59 bits per heavy atom. The second-order valence-electron chi connectivity index (χ2n) is 7.46. The van der Waals surface area contributed by atoms with Gasteiger partial charge in [0.05, 0.1) is 6.04 Å². The van der Waals surface area contributed by atoms with Gasteiger partial charge < -0.3 is 5.11 Å². The molecule has 0 amide bonds. The fraction of sp³-hybridized carbons (Fsp3) is 0.688. The first-order valence-electron chi connectivity index (χ1n) is 7.74. The number of H-pyrrole nitrogens is 1. The van der Waals surface area contributed by atoms with Crippen molar-refractivity contribution in [1.82, 2.24) is 9.55 Å². The van der Waals surface area contributed by atoms with Crippen LogP contribution < -0.4 is 11.2 Å². The zero-order chi connectivity index (χ0) is 16.3. The van der Waals surface area contributed by atoms with E-state index < -0.39 is 11.2 Å². The highest BCUT2D eigenvalue weighted by Crippen LogP contribution is 2.66. The summed E-state index contributed by atoms with van der Waals surface area (Å²) in [6.45, 7) is 6.88. The number of aromatic amines is 1. The zero-order valence-corrected chi connectivity index (χ0v) is 13.5. The second-order valence-corrected chi connectivity index (χ2v) is 7.46. The molecule has 0 unspecified atom stereocenters. The maximum Gasteiger partial charge on any atom is 0.330 e. The van der Waals surface area contributed by atoms with Crippen molar-refractivity contribution in [2.24, 2.45) is 28.8 Å². The molecule has 3 rings (SSSR count). The smallest absolute Gasteiger partial charge is 0.330 e. The van der Waals surface area contributed by atoms with Crippen molar-refractivity contribution in [1.29, 1.82) is 0 Å². The molecule has 22 heavy (non-hydrogen) atoms. The van der Waals surface area contributed by atoms with Gasteiger partial charge in [0, 0.05) is 13.3 Å². The molecule has 1 heterocycles. The summed E-state index contributed by atoms with van der Waals surface area (Å²) in [5, 5.41) is 9.98. The first-order valence-corrected chi connectivity index (χ1v) is 7.74. The van der Waals surface area contributed by atoms with Crippen LogP contribution in [0.1, 0.15) is 45.6 Å². The number of rotatable bonds is 2. The van der Waals surface area contributed by atoms with Crippen LogP contribution in [-0.4, -0.2) is 26.9 Å². The number of hydrogen-bond donors (Lipinski definition) is 2. The predicted octanol–water partition coefficient (Wildman–Crippen LogP) is 1.41. The van der Waals surface area contributed by atoms with Crippen LogP contribution >= 0.6 is 0 Å². The van der Waals surface area contributed by atoms with E-state index >= 15 is 0 Å². The average molecular weight is 305 g/mol. The molecule has 1 aromatic heterocycles. The van der Waals surface area contributed by atoms with E-state index in [2.05, 4.69) is 30.7 Å². The molecule has 2 fully saturated rings. The zero-order valence-electron chi connectivity index (χ0n) is 13.5. The predicted molar refractivity (Wildman–Crippen MR) is 84.6 cm³/mol. The Kier molecular flexibility index (Phi) is 3.13. The highest BCUT2D eigenvalue weighted by Gasteiger charge is 2.61. The molecular weight excluding hydrogens is 282 g/mol. The molecule has 120 valence electrons. The minimum absolute atomic E-state index is 0.0475. The summed E-state index contributed by atoms with van der Waals surface area (Å²) in [5.41, 5.74) is -0.819. The third-order valence-electron chi connectivity index (χ3n) is 6.46. The van der Waals surface area contributed by atoms with E-state index in [1.807, 2.05) is 0 Å². The monoisotopic (exact) mass is 305 g/mol. The van der Waals surface area contributed by atoms with Crippen LogP contribution in [0.15, 0.2) is 14.6 Å². The number of aromatic hydroxyl groups is 1. The third-order valence-corrected chi connectivity index (χ3v) is 6.46. The van der Waals surface area contributed by atoms with Gasteiger partial charge in [-0.2, -0.15) is 0 Å². The van der Waals surface area contributed by atoms with Crippen molar-refractivity contribution in [3.8, 4) is 5.88 Å². The standard InChI is InChI=1S/C16H23N3O3/c1-15(2)9-5-6-16(15,3)11(7-9)17-8-10-12(20)18-14(22)19(4)13(10)21/h8-9,11,21H,5-7H2,1-4H3,(H,18,20,22)/t9-,11-,16+/m0/s1. The number of nitrogens with one attached hydrogen (secondary N) is 1. The van der Waals surface area contributed by atoms with E-state index in [9.17, 15) is 14.7 Å². The van der Waals surface area contributed by atoms with E-state index in [0.717, 1.165) is 17.4 Å². The summed E-state index contributed by atoms with van der Waals surface area (Å²) in [6.07, 6.45) is 4.83. The molecule has 6 nitrogen and oxygen atoms in total. The molecular formula is C16H23N3O3. The number of nitrogens with zero attached hydrogens (tertiary/aromatic N) is 2. The molecule has 2 aliphatic carbocycles. The molecule has 2 N–H and O–H groups in total. The van der Waals surface area contributed by atoms with Gasteiger partial charge in [-0.25, -0.2) is 4.79 Å². The van der Waals surface area contributed by atoms with E-state index in [1.165, 1.54) is 19.7 Å². The minimum Gasteiger partial charge on any atom is -0.494 e. The van der Waals surface area contributed by atoms with E-state index in [-0.39, 0.29) is 28.3 Å². The van der Waals surface area contributed by atoms with Gasteiger partial charge in [-0.3, -0.25) is 19.3 Å². The fourth-order valence-electron chi connectivity index (χ4n) is 4.29. The SMILES string of the molecule is Cn1c(O)c(C=N[C@H]2C[C@@H]3CC[C@@]2(C)C3(C)C)c(=O)[nH]c1=O. The van der Waals surface area contributed by atoms with Crippen LogP contribution in [0, 0.1) is 16.7 Å². The lowest BCUT2D eigenvalue weighted by Gasteiger charge is -2.37. The molecule has 0 aromatic carbocycles. The van der Waals surface area contributed by atoms with E-state index in [1.54, 1.807) is 0 Å². The van der Waals surface area contributed by atoms with Crippen molar-refractivity contribution < 1.29 is 5.11 Å². The van der Waals surface area contributed by atoms with Crippen LogP contribution in [-0.2, 0) is 7.05 Å². The van der Waals surface area contributed by atoms with Crippen LogP contribution in [0.5, 0.6) is 5.88 Å². The van der Waals surface area contributed by atoms with Crippen LogP contribution in [0.25, 0.3) is 0 Å². The molecule has 3 atom stereocenters. The first kappa shape index (κ1) is 15.1. The van der Waals surface area contributed by atoms with Crippen molar-refractivity contribution in [2.45, 2.75) is 46.1 Å². The molecule has 6 heteroatoms. The summed E-state index contributed by atoms with van der Waals surface area (Å²) in [7, 11) is 1.41. The van der Waals surface area contributed by atoms with Crippen molar-refractivity contribution in [2.75, 3.05) is 0 Å². The van der Waals surface area contributed by atoms with Gasteiger partial charge in [-0.1, -0.05) is 20.8 Å². The van der Waals surface area contributed by atoms with Crippen LogP contribution in [0.2, 0.25) is 0 Å². The van der Waals surface area contributed by atoms with Gasteiger partial charge in [0.15, 0.2) is 0 Å². The summed E-state index contributed by atoms with van der Waals surface area (Å²) in [4.78, 5) is 30.1. The number of fused-ring (bicyclic) bond motifs is 2. The maximum atomic E-state index is 11.9. The number of hydrogen-bond acceptors (Lipinski definition) is 4. The van der Waals surface area contributed by atoms with Crippen molar-refractivity contribution in [3.63, 3.8) is 0 Å². The lowest BCUT2D eigenvalue weighted by atomic mass is 9.69. The topological polar surface area (TPSA) is 87.4 Å². The van der Waals surface area contributed by atoms with E-state index in [0.29, 0.717) is 5.92 Å². The highest BCUT2D eigenvalue weighted by molar-refractivity contribution is 5.82. The van der Waals surface area contributed by atoms with Crippen molar-refractivity contribution in [3.05, 3.63) is 26.4 Å². The van der Waals surface area contributed by atoms with Gasteiger partial charge >= 0.3 is 5.69 Å². The Hall–Kier alpha value is -1.85. The summed E-state index contributed by atoms with van der Waals surface area (Å²) < 4.78 is 1.01. The largest absolute Gasteiger partial charge is 0.494 e. The molecule has 0 saturated heterocycles. The Labute approximate surface area is 128 Å². The molecule has 2 saturated carbocycles. The lowest BCUT2D eigenvalue weighted by Crippen LogP contribution is -2.35. The highest BCUT2D eigenvalue weighted by atomic mass is 16.3. The summed E-state index contributed by atoms with van der Waals surface area (Å²) in [5.74, 6) is 0.316. The van der Waals surface area contributed by atoms with Gasteiger partial charge in [-0.15, -0.1) is 0 Å². The van der Waals surface area contributed by atoms with Gasteiger partial charge in [0.1, 0.15) is 5.56 Å². The molecule has 1 aromatic rings. The Morgan fingerprint density at radius 2 is 2.05 bits per heavy atom. The fourth-order valence-corrected chi connectivity index (χ4v) is 4.29. The molecule has 2 aliphatic rings. The third kappa shape index (κ3) is 1.82. The molecule has 0 spiro atoms. The Bertz CT molecular complexity index is 759. The average Bonchev–Trinajstić information content (AvgIpc) is 2.78. The van der Waals surface area contributed by atoms with Gasteiger partial charge in [-0.05, 0) is 36.0 Å². The summed E-state index contributed by atoms with van der Waals surface area (Å²) in [6, 6.07) is 0.150. The Balaban J connectivity index is 1.96. The molecule has 0 aliphatic heterocycles. The van der Waals surface area contributed by atoms with E-state index in [4.69, 9.17) is 0 Å². The second kappa shape index (κ2) is 4.57. The van der Waals surface area contributed by atoms with Crippen LogP contribution in [0.4, 0.5) is 0 Å². The number of aliphatic imine (C=N–C) groups is 1. The normalized spacial score (nSPS) is 32.9. The minimum atomic E-state index is -0.632. The first-order chi connectivity index (χ1) is 10.2. The van der Waals surface area contributed by atoms with Gasteiger partial charge in [0.25, 0.3) is 5.56 Å². The molecule has 0 radical (unpaired) electrons. The lowest BCUT2D eigenvalue weighted by molar-refractivity contribution is 0.137. The number of aromatic nitrogens is 2. The molecule has 2 bridgehead atoms. The van der Waals surface area contributed by atoms with Gasteiger partial charge in [0.2, 0.25) is 5.88 Å².